The summed E-state index contributed by atoms with van der Waals surface area (Å²) in [5, 5.41) is 2.79. The lowest BCUT2D eigenvalue weighted by atomic mass is 10.1. The SMILES string of the molecule is CC(=O)N1c2ccc(S(=O)(=O)N3CCCC3)cc2CC1C(=O)NCc1ccc(F)cc1. The smallest absolute Gasteiger partial charge is 0.243 e. The third-order valence-electron chi connectivity index (χ3n) is 5.76. The summed E-state index contributed by atoms with van der Waals surface area (Å²) in [5.41, 5.74) is 1.94. The maximum Gasteiger partial charge on any atom is 0.243 e. The van der Waals surface area contributed by atoms with Crippen LogP contribution < -0.4 is 10.2 Å². The van der Waals surface area contributed by atoms with Crippen molar-refractivity contribution in [1.82, 2.24) is 9.62 Å². The van der Waals surface area contributed by atoms with E-state index in [1.165, 1.54) is 34.3 Å². The van der Waals surface area contributed by atoms with E-state index in [-0.39, 0.29) is 35.5 Å². The molecule has 1 saturated heterocycles. The van der Waals surface area contributed by atoms with Gasteiger partial charge < -0.3 is 5.32 Å². The van der Waals surface area contributed by atoms with Crippen LogP contribution in [0.3, 0.4) is 0 Å². The van der Waals surface area contributed by atoms with Gasteiger partial charge in [-0.15, -0.1) is 0 Å². The average molecular weight is 446 g/mol. The van der Waals surface area contributed by atoms with Gasteiger partial charge in [0.05, 0.1) is 4.90 Å². The van der Waals surface area contributed by atoms with Crippen molar-refractivity contribution in [1.29, 1.82) is 0 Å². The quantitative estimate of drug-likeness (QED) is 0.765. The van der Waals surface area contributed by atoms with Gasteiger partial charge in [-0.3, -0.25) is 14.5 Å². The van der Waals surface area contributed by atoms with Crippen LogP contribution in [0.2, 0.25) is 0 Å². The highest BCUT2D eigenvalue weighted by Gasteiger charge is 2.38. The van der Waals surface area contributed by atoms with Crippen LogP contribution in [0.1, 0.15) is 30.9 Å². The molecule has 1 unspecified atom stereocenters. The second-order valence-corrected chi connectivity index (χ2v) is 9.79. The zero-order chi connectivity index (χ0) is 22.2. The van der Waals surface area contributed by atoms with Crippen molar-refractivity contribution in [3.63, 3.8) is 0 Å². The zero-order valence-electron chi connectivity index (χ0n) is 17.2. The maximum absolute atomic E-state index is 13.1. The Morgan fingerprint density at radius 3 is 2.42 bits per heavy atom. The molecule has 2 aliphatic heterocycles. The van der Waals surface area contributed by atoms with E-state index < -0.39 is 16.1 Å². The summed E-state index contributed by atoms with van der Waals surface area (Å²) in [6.07, 6.45) is 1.92. The fourth-order valence-electron chi connectivity index (χ4n) is 4.17. The molecular weight excluding hydrogens is 421 g/mol. The maximum atomic E-state index is 13.1. The number of nitrogens with one attached hydrogen (secondary N) is 1. The monoisotopic (exact) mass is 445 g/mol. The van der Waals surface area contributed by atoms with Crippen LogP contribution in [-0.4, -0.2) is 43.7 Å². The molecule has 7 nitrogen and oxygen atoms in total. The van der Waals surface area contributed by atoms with E-state index >= 15 is 0 Å². The van der Waals surface area contributed by atoms with Crippen molar-refractivity contribution >= 4 is 27.5 Å². The molecule has 1 atom stereocenters. The van der Waals surface area contributed by atoms with Gasteiger partial charge in [-0.1, -0.05) is 12.1 Å². The number of anilines is 1. The van der Waals surface area contributed by atoms with E-state index in [1.54, 1.807) is 24.3 Å². The van der Waals surface area contributed by atoms with Crippen molar-refractivity contribution in [2.24, 2.45) is 0 Å². The van der Waals surface area contributed by atoms with E-state index in [0.29, 0.717) is 24.3 Å². The van der Waals surface area contributed by atoms with Gasteiger partial charge in [0.2, 0.25) is 21.8 Å². The van der Waals surface area contributed by atoms with Crippen LogP contribution >= 0.6 is 0 Å². The van der Waals surface area contributed by atoms with Gasteiger partial charge in [0.1, 0.15) is 11.9 Å². The molecule has 4 rings (SSSR count). The molecule has 0 aliphatic carbocycles. The molecule has 164 valence electrons. The van der Waals surface area contributed by atoms with Crippen molar-refractivity contribution in [2.75, 3.05) is 18.0 Å². The Morgan fingerprint density at radius 1 is 1.10 bits per heavy atom. The van der Waals surface area contributed by atoms with Crippen LogP contribution in [-0.2, 0) is 32.6 Å². The Balaban J connectivity index is 1.54. The molecular formula is C22H24FN3O4S. The number of fused-ring (bicyclic) bond motifs is 1. The van der Waals surface area contributed by atoms with Crippen LogP contribution in [0.4, 0.5) is 10.1 Å². The molecule has 9 heteroatoms. The minimum Gasteiger partial charge on any atom is -0.350 e. The summed E-state index contributed by atoms with van der Waals surface area (Å²) in [7, 11) is -3.59. The van der Waals surface area contributed by atoms with Gasteiger partial charge in [0, 0.05) is 38.7 Å². The van der Waals surface area contributed by atoms with Gasteiger partial charge in [-0.05, 0) is 54.3 Å². The first-order chi connectivity index (χ1) is 14.8. The fourth-order valence-corrected chi connectivity index (χ4v) is 5.74. The average Bonchev–Trinajstić information content (AvgIpc) is 3.41. The largest absolute Gasteiger partial charge is 0.350 e. The lowest BCUT2D eigenvalue weighted by Crippen LogP contribution is -2.47. The lowest BCUT2D eigenvalue weighted by Gasteiger charge is -2.23. The molecule has 2 aliphatic rings. The molecule has 0 aromatic heterocycles. The normalized spacial score (nSPS) is 18.8. The number of carbonyl (C=O) groups is 2. The number of hydrogen-bond donors (Lipinski definition) is 1. The molecule has 31 heavy (non-hydrogen) atoms. The first-order valence-corrected chi connectivity index (χ1v) is 11.7. The Morgan fingerprint density at radius 2 is 1.77 bits per heavy atom. The number of sulfonamides is 1. The topological polar surface area (TPSA) is 86.8 Å². The Kier molecular flexibility index (Phi) is 5.81. The van der Waals surface area contributed by atoms with Crippen molar-refractivity contribution in [3.05, 3.63) is 59.4 Å². The van der Waals surface area contributed by atoms with Crippen LogP contribution in [0.5, 0.6) is 0 Å². The lowest BCUT2D eigenvalue weighted by molar-refractivity contribution is -0.125. The van der Waals surface area contributed by atoms with Crippen molar-refractivity contribution in [2.45, 2.75) is 43.7 Å². The molecule has 0 bridgehead atoms. The van der Waals surface area contributed by atoms with Crippen LogP contribution in [0, 0.1) is 5.82 Å². The summed E-state index contributed by atoms with van der Waals surface area (Å²) >= 11 is 0. The van der Waals surface area contributed by atoms with E-state index in [4.69, 9.17) is 0 Å². The first kappa shape index (κ1) is 21.5. The minimum atomic E-state index is -3.59. The van der Waals surface area contributed by atoms with E-state index in [0.717, 1.165) is 18.4 Å². The predicted molar refractivity (Wildman–Crippen MR) is 113 cm³/mol. The summed E-state index contributed by atoms with van der Waals surface area (Å²) in [6, 6.07) is 9.71. The molecule has 2 aromatic rings. The number of nitrogens with zero attached hydrogens (tertiary/aromatic N) is 2. The number of hydrogen-bond acceptors (Lipinski definition) is 4. The van der Waals surface area contributed by atoms with E-state index in [9.17, 15) is 22.4 Å². The highest BCUT2D eigenvalue weighted by atomic mass is 32.2. The highest BCUT2D eigenvalue weighted by Crippen LogP contribution is 2.35. The first-order valence-electron chi connectivity index (χ1n) is 10.2. The van der Waals surface area contributed by atoms with Gasteiger partial charge in [0.15, 0.2) is 0 Å². The molecule has 2 aromatic carbocycles. The molecule has 0 spiro atoms. The van der Waals surface area contributed by atoms with Gasteiger partial charge in [-0.25, -0.2) is 12.8 Å². The summed E-state index contributed by atoms with van der Waals surface area (Å²) in [5.74, 6) is -1.00. The number of amides is 2. The number of rotatable bonds is 5. The fraction of sp³-hybridized carbons (Fsp3) is 0.364. The van der Waals surface area contributed by atoms with Gasteiger partial charge in [0.25, 0.3) is 0 Å². The van der Waals surface area contributed by atoms with Crippen molar-refractivity contribution < 1.29 is 22.4 Å². The van der Waals surface area contributed by atoms with E-state index in [2.05, 4.69) is 5.32 Å². The molecule has 2 heterocycles. The van der Waals surface area contributed by atoms with Crippen LogP contribution in [0.15, 0.2) is 47.4 Å². The molecule has 0 saturated carbocycles. The highest BCUT2D eigenvalue weighted by molar-refractivity contribution is 7.89. The minimum absolute atomic E-state index is 0.184. The molecule has 0 radical (unpaired) electrons. The third-order valence-corrected chi connectivity index (χ3v) is 7.65. The zero-order valence-corrected chi connectivity index (χ0v) is 18.0. The number of carbonyl (C=O) groups excluding carboxylic acids is 2. The number of benzene rings is 2. The Bertz CT molecular complexity index is 1110. The second kappa shape index (κ2) is 8.39. The van der Waals surface area contributed by atoms with E-state index in [1.807, 2.05) is 0 Å². The van der Waals surface area contributed by atoms with Gasteiger partial charge >= 0.3 is 0 Å². The Labute approximate surface area is 180 Å². The van der Waals surface area contributed by atoms with Gasteiger partial charge in [-0.2, -0.15) is 4.31 Å². The molecule has 1 fully saturated rings. The van der Waals surface area contributed by atoms with Crippen molar-refractivity contribution in [3.8, 4) is 0 Å². The summed E-state index contributed by atoms with van der Waals surface area (Å²) in [4.78, 5) is 26.7. The summed E-state index contributed by atoms with van der Waals surface area (Å²) in [6.45, 7) is 2.59. The van der Waals surface area contributed by atoms with Crippen LogP contribution in [0.25, 0.3) is 0 Å². The second-order valence-electron chi connectivity index (χ2n) is 7.85. The predicted octanol–water partition coefficient (Wildman–Crippen LogP) is 2.20. The molecule has 2 amide bonds. The standard InChI is InChI=1S/C22H24FN3O4S/c1-15(27)26-20-9-8-19(31(29,30)25-10-2-3-11-25)12-17(20)13-21(26)22(28)24-14-16-4-6-18(23)7-5-16/h4-9,12,21H,2-3,10-11,13-14H2,1H3,(H,24,28). The molecule has 1 N–H and O–H groups in total. The Hall–Kier alpha value is -2.78. The number of halogens is 1. The summed E-state index contributed by atoms with van der Waals surface area (Å²) < 4.78 is 40.3. The third kappa shape index (κ3) is 4.20.